The van der Waals surface area contributed by atoms with Gasteiger partial charge in [-0.1, -0.05) is 22.9 Å². The van der Waals surface area contributed by atoms with Crippen LogP contribution in [0.15, 0.2) is 34.8 Å². The zero-order valence-electron chi connectivity index (χ0n) is 11.4. The lowest BCUT2D eigenvalue weighted by atomic mass is 10.1. The third kappa shape index (κ3) is 3.36. The summed E-state index contributed by atoms with van der Waals surface area (Å²) in [5.74, 6) is 0.182. The number of rotatable bonds is 3. The first-order valence-corrected chi connectivity index (χ1v) is 7.13. The molecule has 0 fully saturated rings. The number of nitrogens with zero attached hydrogens (tertiary/aromatic N) is 1. The smallest absolute Gasteiger partial charge is 0.255 e. The van der Waals surface area contributed by atoms with E-state index >= 15 is 0 Å². The number of hydrogen-bond donors (Lipinski definition) is 2. The first-order chi connectivity index (χ1) is 9.49. The summed E-state index contributed by atoms with van der Waals surface area (Å²) in [5, 5.41) is 2.89. The number of halogens is 1. The number of aryl methyl sites for hydroxylation is 2. The zero-order valence-corrected chi connectivity index (χ0v) is 13.0. The fourth-order valence-corrected chi connectivity index (χ4v) is 2.36. The molecule has 2 aromatic rings. The molecule has 4 nitrogen and oxygen atoms in total. The minimum Gasteiger partial charge on any atom is -0.384 e. The summed E-state index contributed by atoms with van der Waals surface area (Å²) >= 11 is 3.40. The lowest BCUT2D eigenvalue weighted by molar-refractivity contribution is 0.102. The van der Waals surface area contributed by atoms with E-state index in [9.17, 15) is 4.79 Å². The van der Waals surface area contributed by atoms with Crippen molar-refractivity contribution in [1.82, 2.24) is 4.98 Å². The Morgan fingerprint density at radius 1 is 1.35 bits per heavy atom. The van der Waals surface area contributed by atoms with Gasteiger partial charge in [-0.05, 0) is 49.2 Å². The van der Waals surface area contributed by atoms with Crippen LogP contribution in [0.2, 0.25) is 0 Å². The fourth-order valence-electron chi connectivity index (χ4n) is 1.88. The molecule has 0 aliphatic rings. The van der Waals surface area contributed by atoms with Crippen LogP contribution in [0.25, 0.3) is 0 Å². The standard InChI is InChI=1S/C15H16BrN3O/c1-3-12-7-10(8-14(17)18-12)15(20)19-13-5-4-11(16)6-9(13)2/h4-8H,3H2,1-2H3,(H2,17,18)(H,19,20). The molecule has 0 bridgehead atoms. The summed E-state index contributed by atoms with van der Waals surface area (Å²) in [7, 11) is 0. The van der Waals surface area contributed by atoms with E-state index in [1.165, 1.54) is 0 Å². The van der Waals surface area contributed by atoms with E-state index in [1.807, 2.05) is 32.0 Å². The fraction of sp³-hybridized carbons (Fsp3) is 0.200. The summed E-state index contributed by atoms with van der Waals surface area (Å²) < 4.78 is 0.981. The summed E-state index contributed by atoms with van der Waals surface area (Å²) in [5.41, 5.74) is 8.83. The molecule has 0 atom stereocenters. The van der Waals surface area contributed by atoms with Crippen LogP contribution in [-0.4, -0.2) is 10.9 Å². The quantitative estimate of drug-likeness (QED) is 0.902. The molecule has 0 radical (unpaired) electrons. The first-order valence-electron chi connectivity index (χ1n) is 6.33. The van der Waals surface area contributed by atoms with E-state index in [0.29, 0.717) is 11.4 Å². The van der Waals surface area contributed by atoms with Gasteiger partial charge in [0.15, 0.2) is 0 Å². The summed E-state index contributed by atoms with van der Waals surface area (Å²) in [6.07, 6.45) is 0.739. The molecule has 1 amide bonds. The Bertz CT molecular complexity index is 656. The molecule has 20 heavy (non-hydrogen) atoms. The van der Waals surface area contributed by atoms with Gasteiger partial charge < -0.3 is 11.1 Å². The molecule has 0 spiro atoms. The lowest BCUT2D eigenvalue weighted by Gasteiger charge is -2.10. The van der Waals surface area contributed by atoms with Crippen LogP contribution in [0.4, 0.5) is 11.5 Å². The number of benzene rings is 1. The van der Waals surface area contributed by atoms with Crippen molar-refractivity contribution in [2.75, 3.05) is 11.1 Å². The van der Waals surface area contributed by atoms with Crippen molar-refractivity contribution in [3.05, 3.63) is 51.6 Å². The molecule has 0 aliphatic carbocycles. The van der Waals surface area contributed by atoms with Crippen LogP contribution in [0.3, 0.4) is 0 Å². The number of aromatic nitrogens is 1. The van der Waals surface area contributed by atoms with Gasteiger partial charge in [0.1, 0.15) is 5.82 Å². The Morgan fingerprint density at radius 3 is 2.75 bits per heavy atom. The number of pyridine rings is 1. The van der Waals surface area contributed by atoms with E-state index in [1.54, 1.807) is 12.1 Å². The zero-order chi connectivity index (χ0) is 14.7. The maximum atomic E-state index is 12.3. The lowest BCUT2D eigenvalue weighted by Crippen LogP contribution is -2.14. The van der Waals surface area contributed by atoms with Gasteiger partial charge in [-0.15, -0.1) is 0 Å². The van der Waals surface area contributed by atoms with Gasteiger partial charge in [-0.25, -0.2) is 4.98 Å². The summed E-state index contributed by atoms with van der Waals surface area (Å²) in [6.45, 7) is 3.92. The van der Waals surface area contributed by atoms with Crippen molar-refractivity contribution in [3.8, 4) is 0 Å². The third-order valence-electron chi connectivity index (χ3n) is 2.96. The van der Waals surface area contributed by atoms with E-state index in [4.69, 9.17) is 5.73 Å². The largest absolute Gasteiger partial charge is 0.384 e. The van der Waals surface area contributed by atoms with Crippen LogP contribution in [0.1, 0.15) is 28.5 Å². The minimum absolute atomic E-state index is 0.181. The van der Waals surface area contributed by atoms with E-state index in [-0.39, 0.29) is 5.91 Å². The maximum Gasteiger partial charge on any atom is 0.255 e. The number of anilines is 2. The van der Waals surface area contributed by atoms with E-state index in [2.05, 4.69) is 26.2 Å². The highest BCUT2D eigenvalue weighted by atomic mass is 79.9. The molecule has 1 heterocycles. The average Bonchev–Trinajstić information content (AvgIpc) is 2.41. The van der Waals surface area contributed by atoms with Gasteiger partial charge >= 0.3 is 0 Å². The molecule has 104 valence electrons. The summed E-state index contributed by atoms with van der Waals surface area (Å²) in [4.78, 5) is 16.4. The predicted molar refractivity (Wildman–Crippen MR) is 84.9 cm³/mol. The molecule has 0 saturated heterocycles. The van der Waals surface area contributed by atoms with Gasteiger partial charge in [-0.3, -0.25) is 4.79 Å². The topological polar surface area (TPSA) is 68.0 Å². The summed E-state index contributed by atoms with van der Waals surface area (Å²) in [6, 6.07) is 9.06. The number of amides is 1. The van der Waals surface area contributed by atoms with Crippen molar-refractivity contribution in [1.29, 1.82) is 0 Å². The molecule has 0 saturated carbocycles. The van der Waals surface area contributed by atoms with Crippen molar-refractivity contribution < 1.29 is 4.79 Å². The van der Waals surface area contributed by atoms with Crippen LogP contribution in [0, 0.1) is 6.92 Å². The van der Waals surface area contributed by atoms with Gasteiger partial charge in [0.05, 0.1) is 0 Å². The number of nitrogens with one attached hydrogen (secondary N) is 1. The number of carbonyl (C=O) groups is 1. The SMILES string of the molecule is CCc1cc(C(=O)Nc2ccc(Br)cc2C)cc(N)n1. The Hall–Kier alpha value is -1.88. The van der Waals surface area contributed by atoms with Gasteiger partial charge in [0, 0.05) is 21.4 Å². The molecule has 3 N–H and O–H groups in total. The molecule has 2 rings (SSSR count). The van der Waals surface area contributed by atoms with Crippen molar-refractivity contribution in [3.63, 3.8) is 0 Å². The van der Waals surface area contributed by atoms with Crippen molar-refractivity contribution >= 4 is 33.3 Å². The Morgan fingerprint density at radius 2 is 2.10 bits per heavy atom. The molecule has 0 aliphatic heterocycles. The molecule has 5 heteroatoms. The molecular weight excluding hydrogens is 318 g/mol. The van der Waals surface area contributed by atoms with Gasteiger partial charge in [0.2, 0.25) is 0 Å². The van der Waals surface area contributed by atoms with E-state index in [0.717, 1.165) is 27.8 Å². The van der Waals surface area contributed by atoms with E-state index < -0.39 is 0 Å². The van der Waals surface area contributed by atoms with Crippen LogP contribution >= 0.6 is 15.9 Å². The highest BCUT2D eigenvalue weighted by Gasteiger charge is 2.10. The second kappa shape index (κ2) is 6.05. The highest BCUT2D eigenvalue weighted by molar-refractivity contribution is 9.10. The number of hydrogen-bond acceptors (Lipinski definition) is 3. The van der Waals surface area contributed by atoms with Gasteiger partial charge in [0.25, 0.3) is 5.91 Å². The Labute approximate surface area is 126 Å². The van der Waals surface area contributed by atoms with Crippen LogP contribution < -0.4 is 11.1 Å². The molecule has 0 unspecified atom stereocenters. The Kier molecular flexibility index (Phi) is 4.39. The Balaban J connectivity index is 2.26. The van der Waals surface area contributed by atoms with Gasteiger partial charge in [-0.2, -0.15) is 0 Å². The number of carbonyl (C=O) groups excluding carboxylic acids is 1. The van der Waals surface area contributed by atoms with Crippen LogP contribution in [-0.2, 0) is 6.42 Å². The van der Waals surface area contributed by atoms with Crippen molar-refractivity contribution in [2.45, 2.75) is 20.3 Å². The predicted octanol–water partition coefficient (Wildman–Crippen LogP) is 3.55. The minimum atomic E-state index is -0.181. The third-order valence-corrected chi connectivity index (χ3v) is 3.45. The molecule has 1 aromatic heterocycles. The monoisotopic (exact) mass is 333 g/mol. The second-order valence-electron chi connectivity index (χ2n) is 4.54. The second-order valence-corrected chi connectivity index (χ2v) is 5.45. The first kappa shape index (κ1) is 14.5. The molecular formula is C15H16BrN3O. The number of nitrogen functional groups attached to an aromatic ring is 1. The molecule has 1 aromatic carbocycles. The normalized spacial score (nSPS) is 10.3. The highest BCUT2D eigenvalue weighted by Crippen LogP contribution is 2.21. The maximum absolute atomic E-state index is 12.3. The van der Waals surface area contributed by atoms with Crippen LogP contribution in [0.5, 0.6) is 0 Å². The average molecular weight is 334 g/mol. The van der Waals surface area contributed by atoms with Crippen molar-refractivity contribution in [2.24, 2.45) is 0 Å². The number of nitrogens with two attached hydrogens (primary N) is 1.